The molecule has 1 N–H and O–H groups in total. The van der Waals surface area contributed by atoms with Crippen molar-refractivity contribution in [2.45, 2.75) is 11.1 Å². The Kier molecular flexibility index (Phi) is 6.58. The Morgan fingerprint density at radius 3 is 2.37 bits per heavy atom. The van der Waals surface area contributed by atoms with Crippen molar-refractivity contribution in [1.29, 1.82) is 0 Å². The molecule has 2 heterocycles. The summed E-state index contributed by atoms with van der Waals surface area (Å²) in [7, 11) is -3.67. The molecular formula is C18H18F3N3O5S. The molecule has 1 aromatic heterocycles. The molecule has 0 spiro atoms. The maximum absolute atomic E-state index is 12.6. The normalized spacial score (nSPS) is 15.6. The van der Waals surface area contributed by atoms with Gasteiger partial charge in [0, 0.05) is 24.7 Å². The van der Waals surface area contributed by atoms with Gasteiger partial charge in [0.25, 0.3) is 5.91 Å². The van der Waals surface area contributed by atoms with Crippen molar-refractivity contribution in [1.82, 2.24) is 9.29 Å². The number of ether oxygens (including phenoxy) is 2. The number of alkyl halides is 3. The van der Waals surface area contributed by atoms with Gasteiger partial charge in [-0.15, -0.1) is 0 Å². The van der Waals surface area contributed by atoms with Gasteiger partial charge < -0.3 is 14.8 Å². The van der Waals surface area contributed by atoms with E-state index in [0.29, 0.717) is 13.2 Å². The van der Waals surface area contributed by atoms with Crippen LogP contribution in [0.1, 0.15) is 10.4 Å². The van der Waals surface area contributed by atoms with Crippen LogP contribution < -0.4 is 10.1 Å². The van der Waals surface area contributed by atoms with Crippen molar-refractivity contribution in [3.63, 3.8) is 0 Å². The zero-order chi connectivity index (χ0) is 21.8. The summed E-state index contributed by atoms with van der Waals surface area (Å²) >= 11 is 0. The molecule has 2 aromatic rings. The molecule has 12 heteroatoms. The highest BCUT2D eigenvalue weighted by atomic mass is 32.2. The van der Waals surface area contributed by atoms with E-state index in [9.17, 15) is 26.4 Å². The molecule has 0 saturated carbocycles. The van der Waals surface area contributed by atoms with Crippen molar-refractivity contribution in [3.8, 4) is 5.88 Å². The molecule has 1 aliphatic rings. The van der Waals surface area contributed by atoms with E-state index in [2.05, 4.69) is 15.0 Å². The van der Waals surface area contributed by atoms with Crippen LogP contribution >= 0.6 is 0 Å². The Balaban J connectivity index is 1.62. The summed E-state index contributed by atoms with van der Waals surface area (Å²) in [6.07, 6.45) is -3.32. The van der Waals surface area contributed by atoms with Gasteiger partial charge in [0.15, 0.2) is 6.61 Å². The number of rotatable bonds is 6. The molecule has 162 valence electrons. The Hall–Kier alpha value is -2.70. The lowest BCUT2D eigenvalue weighted by atomic mass is 10.2. The fraction of sp³-hybridized carbons (Fsp3) is 0.333. The summed E-state index contributed by atoms with van der Waals surface area (Å²) in [6.45, 7) is -0.284. The highest BCUT2D eigenvalue weighted by molar-refractivity contribution is 7.89. The van der Waals surface area contributed by atoms with Crippen molar-refractivity contribution >= 4 is 21.6 Å². The molecule has 1 aliphatic heterocycles. The van der Waals surface area contributed by atoms with Gasteiger partial charge in [-0.3, -0.25) is 4.79 Å². The van der Waals surface area contributed by atoms with Crippen LogP contribution in [0.15, 0.2) is 47.5 Å². The summed E-state index contributed by atoms with van der Waals surface area (Å²) in [6, 6.07) is 7.96. The van der Waals surface area contributed by atoms with Crippen molar-refractivity contribution in [2.24, 2.45) is 0 Å². The first-order valence-corrected chi connectivity index (χ1v) is 10.2. The van der Waals surface area contributed by atoms with Crippen molar-refractivity contribution in [2.75, 3.05) is 38.2 Å². The van der Waals surface area contributed by atoms with Crippen LogP contribution in [0.25, 0.3) is 0 Å². The molecule has 0 bridgehead atoms. The molecule has 30 heavy (non-hydrogen) atoms. The third-order valence-electron chi connectivity index (χ3n) is 4.10. The second-order valence-corrected chi connectivity index (χ2v) is 8.22. The number of nitrogens with zero attached hydrogens (tertiary/aromatic N) is 2. The SMILES string of the molecule is O=C(Nc1ccc(OCC(F)(F)F)nc1)c1ccc(S(=O)(=O)N2CCOCC2)cc1. The maximum Gasteiger partial charge on any atom is 0.422 e. The van der Waals surface area contributed by atoms with Gasteiger partial charge in [-0.25, -0.2) is 13.4 Å². The number of sulfonamides is 1. The number of hydrogen-bond acceptors (Lipinski definition) is 6. The molecule has 1 aromatic carbocycles. The fourth-order valence-electron chi connectivity index (χ4n) is 2.61. The van der Waals surface area contributed by atoms with Crippen LogP contribution in [0.5, 0.6) is 5.88 Å². The number of amides is 1. The number of carbonyl (C=O) groups excluding carboxylic acids is 1. The topological polar surface area (TPSA) is 97.8 Å². The molecule has 0 atom stereocenters. The summed E-state index contributed by atoms with van der Waals surface area (Å²) < 4.78 is 72.5. The van der Waals surface area contributed by atoms with E-state index in [4.69, 9.17) is 4.74 Å². The Morgan fingerprint density at radius 2 is 1.80 bits per heavy atom. The molecule has 3 rings (SSSR count). The second kappa shape index (κ2) is 8.98. The lowest BCUT2D eigenvalue weighted by Crippen LogP contribution is -2.40. The number of hydrogen-bond donors (Lipinski definition) is 1. The maximum atomic E-state index is 12.6. The minimum atomic E-state index is -4.48. The van der Waals surface area contributed by atoms with Crippen LogP contribution in [0.2, 0.25) is 0 Å². The third-order valence-corrected chi connectivity index (χ3v) is 6.02. The molecular weight excluding hydrogens is 427 g/mol. The monoisotopic (exact) mass is 445 g/mol. The summed E-state index contributed by atoms with van der Waals surface area (Å²) in [5.74, 6) is -0.765. The van der Waals surface area contributed by atoms with Gasteiger partial charge in [0.05, 0.1) is 30.0 Å². The molecule has 1 fully saturated rings. The summed E-state index contributed by atoms with van der Waals surface area (Å²) in [5.41, 5.74) is 0.442. The minimum absolute atomic E-state index is 0.0637. The van der Waals surface area contributed by atoms with E-state index in [0.717, 1.165) is 6.20 Å². The number of benzene rings is 1. The molecule has 1 saturated heterocycles. The Labute approximate surface area is 170 Å². The average molecular weight is 445 g/mol. The van der Waals surface area contributed by atoms with Gasteiger partial charge in [-0.1, -0.05) is 0 Å². The number of halogens is 3. The smallest absolute Gasteiger partial charge is 0.422 e. The molecule has 8 nitrogen and oxygen atoms in total. The average Bonchev–Trinajstić information content (AvgIpc) is 2.73. The van der Waals surface area contributed by atoms with Crippen LogP contribution in [-0.2, 0) is 14.8 Å². The number of aromatic nitrogens is 1. The van der Waals surface area contributed by atoms with Gasteiger partial charge in [0.2, 0.25) is 15.9 Å². The lowest BCUT2D eigenvalue weighted by Gasteiger charge is -2.26. The fourth-order valence-corrected chi connectivity index (χ4v) is 4.02. The van der Waals surface area contributed by atoms with E-state index in [1.54, 1.807) is 0 Å². The first kappa shape index (κ1) is 22.0. The first-order chi connectivity index (χ1) is 14.1. The number of nitrogens with one attached hydrogen (secondary N) is 1. The number of anilines is 1. The second-order valence-electron chi connectivity index (χ2n) is 6.28. The third kappa shape index (κ3) is 5.68. The Bertz CT molecular complexity index is 974. The molecule has 0 unspecified atom stereocenters. The van der Waals surface area contributed by atoms with Crippen LogP contribution in [0.3, 0.4) is 0 Å². The van der Waals surface area contributed by atoms with Crippen molar-refractivity contribution < 1.29 is 35.9 Å². The van der Waals surface area contributed by atoms with Gasteiger partial charge >= 0.3 is 6.18 Å². The first-order valence-electron chi connectivity index (χ1n) is 8.80. The largest absolute Gasteiger partial charge is 0.468 e. The van der Waals surface area contributed by atoms with E-state index < -0.39 is 28.7 Å². The van der Waals surface area contributed by atoms with E-state index >= 15 is 0 Å². The predicted octanol–water partition coefficient (Wildman–Crippen LogP) is 2.30. The Morgan fingerprint density at radius 1 is 1.13 bits per heavy atom. The van der Waals surface area contributed by atoms with E-state index in [1.807, 2.05) is 0 Å². The number of morpholine rings is 1. The van der Waals surface area contributed by atoms with Gasteiger partial charge in [-0.05, 0) is 30.3 Å². The summed E-state index contributed by atoms with van der Waals surface area (Å²) in [4.78, 5) is 16.1. The van der Waals surface area contributed by atoms with Gasteiger partial charge in [0.1, 0.15) is 0 Å². The predicted molar refractivity (Wildman–Crippen MR) is 99.8 cm³/mol. The standard InChI is InChI=1S/C18H18F3N3O5S/c19-18(20,21)12-29-16-6-3-14(11-22-16)23-17(25)13-1-4-15(5-2-13)30(26,27)24-7-9-28-10-8-24/h1-6,11H,7-10,12H2,(H,23,25). The molecule has 0 aliphatic carbocycles. The number of pyridine rings is 1. The number of carbonyl (C=O) groups is 1. The van der Waals surface area contributed by atoms with Crippen LogP contribution in [0.4, 0.5) is 18.9 Å². The zero-order valence-electron chi connectivity index (χ0n) is 15.6. The lowest BCUT2D eigenvalue weighted by molar-refractivity contribution is -0.154. The zero-order valence-corrected chi connectivity index (χ0v) is 16.4. The molecule has 1 amide bonds. The van der Waals surface area contributed by atoms with Gasteiger partial charge in [-0.2, -0.15) is 17.5 Å². The van der Waals surface area contributed by atoms with Crippen molar-refractivity contribution in [3.05, 3.63) is 48.2 Å². The highest BCUT2D eigenvalue weighted by Crippen LogP contribution is 2.20. The quantitative estimate of drug-likeness (QED) is 0.733. The van der Waals surface area contributed by atoms with Crippen LogP contribution in [0, 0.1) is 0 Å². The minimum Gasteiger partial charge on any atom is -0.468 e. The van der Waals surface area contributed by atoms with Crippen LogP contribution in [-0.4, -0.2) is 62.7 Å². The highest BCUT2D eigenvalue weighted by Gasteiger charge is 2.29. The summed E-state index contributed by atoms with van der Waals surface area (Å²) in [5, 5.41) is 2.52. The molecule has 0 radical (unpaired) electrons. The van der Waals surface area contributed by atoms with E-state index in [-0.39, 0.29) is 35.1 Å². The van der Waals surface area contributed by atoms with E-state index in [1.165, 1.54) is 40.7 Å².